The molecule has 2 aromatic rings. The van der Waals surface area contributed by atoms with Crippen LogP contribution in [-0.2, 0) is 0 Å². The van der Waals surface area contributed by atoms with Crippen molar-refractivity contribution in [2.24, 2.45) is 5.73 Å². The summed E-state index contributed by atoms with van der Waals surface area (Å²) < 4.78 is 5.37. The molecule has 1 saturated heterocycles. The minimum atomic E-state index is -0.188. The molecule has 0 radical (unpaired) electrons. The summed E-state index contributed by atoms with van der Waals surface area (Å²) >= 11 is 0. The molecule has 0 saturated carbocycles. The number of hydrogen-bond acceptors (Lipinski definition) is 5. The molecule has 21 heavy (non-hydrogen) atoms. The summed E-state index contributed by atoms with van der Waals surface area (Å²) in [7, 11) is 0. The van der Waals surface area contributed by atoms with Gasteiger partial charge in [-0.3, -0.25) is 0 Å². The summed E-state index contributed by atoms with van der Waals surface area (Å²) in [5.74, 6) is 1.14. The lowest BCUT2D eigenvalue weighted by atomic mass is 10.1. The lowest BCUT2D eigenvalue weighted by molar-refractivity contribution is 0.306. The van der Waals surface area contributed by atoms with E-state index in [2.05, 4.69) is 41.0 Å². The normalized spacial score (nSPS) is 17.3. The van der Waals surface area contributed by atoms with Crippen LogP contribution in [0.15, 0.2) is 22.7 Å². The molecule has 2 N–H and O–H groups in total. The highest BCUT2D eigenvalue weighted by Crippen LogP contribution is 2.22. The van der Waals surface area contributed by atoms with E-state index in [9.17, 15) is 0 Å². The standard InChI is InChI=1S/C16H22N4O/c1-11-5-6-13(9-12(11)2)16-18-15(19-21-16)14(17)10-20-7-3-4-8-20/h5-6,9,14H,3-4,7-8,10,17H2,1-2H3. The summed E-state index contributed by atoms with van der Waals surface area (Å²) in [6.07, 6.45) is 2.51. The van der Waals surface area contributed by atoms with Crippen molar-refractivity contribution in [2.75, 3.05) is 19.6 Å². The Labute approximate surface area is 125 Å². The van der Waals surface area contributed by atoms with Gasteiger partial charge in [0.15, 0.2) is 5.82 Å². The number of aromatic nitrogens is 2. The molecular formula is C16H22N4O. The molecule has 0 spiro atoms. The Bertz CT molecular complexity index is 616. The Morgan fingerprint density at radius 3 is 2.71 bits per heavy atom. The monoisotopic (exact) mass is 286 g/mol. The maximum absolute atomic E-state index is 6.19. The van der Waals surface area contributed by atoms with E-state index in [-0.39, 0.29) is 6.04 Å². The second kappa shape index (κ2) is 5.95. The van der Waals surface area contributed by atoms with Crippen LogP contribution in [0.3, 0.4) is 0 Å². The number of hydrogen-bond donors (Lipinski definition) is 1. The van der Waals surface area contributed by atoms with Crippen LogP contribution in [0.2, 0.25) is 0 Å². The van der Waals surface area contributed by atoms with Gasteiger partial charge in [0.05, 0.1) is 6.04 Å². The quantitative estimate of drug-likeness (QED) is 0.935. The van der Waals surface area contributed by atoms with Crippen molar-refractivity contribution < 1.29 is 4.52 Å². The summed E-state index contributed by atoms with van der Waals surface area (Å²) in [6.45, 7) is 7.20. The average Bonchev–Trinajstić information content (AvgIpc) is 3.12. The van der Waals surface area contributed by atoms with Crippen LogP contribution >= 0.6 is 0 Å². The van der Waals surface area contributed by atoms with Gasteiger partial charge in [0.25, 0.3) is 5.89 Å². The fourth-order valence-corrected chi connectivity index (χ4v) is 2.70. The highest BCUT2D eigenvalue weighted by Gasteiger charge is 2.20. The van der Waals surface area contributed by atoms with Gasteiger partial charge >= 0.3 is 0 Å². The summed E-state index contributed by atoms with van der Waals surface area (Å²) in [5, 5.41) is 4.05. The molecule has 2 heterocycles. The first-order chi connectivity index (χ1) is 10.1. The zero-order valence-corrected chi connectivity index (χ0v) is 12.7. The van der Waals surface area contributed by atoms with Gasteiger partial charge in [0.2, 0.25) is 0 Å². The summed E-state index contributed by atoms with van der Waals surface area (Å²) in [5.41, 5.74) is 9.61. The van der Waals surface area contributed by atoms with Gasteiger partial charge in [-0.1, -0.05) is 11.2 Å². The van der Waals surface area contributed by atoms with E-state index in [4.69, 9.17) is 10.3 Å². The Morgan fingerprint density at radius 2 is 2.00 bits per heavy atom. The predicted molar refractivity (Wildman–Crippen MR) is 81.8 cm³/mol. The van der Waals surface area contributed by atoms with Crippen LogP contribution in [-0.4, -0.2) is 34.7 Å². The van der Waals surface area contributed by atoms with Crippen molar-refractivity contribution in [1.29, 1.82) is 0 Å². The van der Waals surface area contributed by atoms with Gasteiger partial charge in [-0.05, 0) is 63.0 Å². The lowest BCUT2D eigenvalue weighted by Gasteiger charge is -2.17. The van der Waals surface area contributed by atoms with Gasteiger partial charge < -0.3 is 15.2 Å². The molecular weight excluding hydrogens is 264 g/mol. The van der Waals surface area contributed by atoms with E-state index in [1.807, 2.05) is 6.07 Å². The first-order valence-electron chi connectivity index (χ1n) is 7.52. The largest absolute Gasteiger partial charge is 0.334 e. The molecule has 0 aliphatic carbocycles. The molecule has 0 amide bonds. The topological polar surface area (TPSA) is 68.2 Å². The van der Waals surface area contributed by atoms with Gasteiger partial charge in [-0.25, -0.2) is 0 Å². The minimum absolute atomic E-state index is 0.188. The molecule has 1 aliphatic heterocycles. The van der Waals surface area contributed by atoms with Crippen molar-refractivity contribution in [1.82, 2.24) is 15.0 Å². The van der Waals surface area contributed by atoms with E-state index in [1.54, 1.807) is 0 Å². The van der Waals surface area contributed by atoms with E-state index in [1.165, 1.54) is 24.0 Å². The molecule has 1 unspecified atom stereocenters. The molecule has 1 atom stereocenters. The highest BCUT2D eigenvalue weighted by molar-refractivity contribution is 5.55. The zero-order chi connectivity index (χ0) is 14.8. The highest BCUT2D eigenvalue weighted by atomic mass is 16.5. The molecule has 112 valence electrons. The SMILES string of the molecule is Cc1ccc(-c2nc(C(N)CN3CCCC3)no2)cc1C. The van der Waals surface area contributed by atoms with Crippen LogP contribution in [0.4, 0.5) is 0 Å². The first-order valence-corrected chi connectivity index (χ1v) is 7.52. The second-order valence-electron chi connectivity index (χ2n) is 5.87. The molecule has 5 nitrogen and oxygen atoms in total. The molecule has 5 heteroatoms. The van der Waals surface area contributed by atoms with Crippen molar-refractivity contribution in [2.45, 2.75) is 32.7 Å². The third kappa shape index (κ3) is 3.14. The molecule has 1 aliphatic rings. The lowest BCUT2D eigenvalue weighted by Crippen LogP contribution is -2.30. The molecule has 1 fully saturated rings. The maximum Gasteiger partial charge on any atom is 0.257 e. The Hall–Kier alpha value is -1.72. The Balaban J connectivity index is 1.74. The van der Waals surface area contributed by atoms with Crippen molar-refractivity contribution >= 4 is 0 Å². The van der Waals surface area contributed by atoms with Crippen molar-refractivity contribution in [3.63, 3.8) is 0 Å². The van der Waals surface area contributed by atoms with Crippen molar-refractivity contribution in [3.8, 4) is 11.5 Å². The van der Waals surface area contributed by atoms with E-state index in [0.29, 0.717) is 11.7 Å². The minimum Gasteiger partial charge on any atom is -0.334 e. The van der Waals surface area contributed by atoms with Crippen LogP contribution in [0.25, 0.3) is 11.5 Å². The zero-order valence-electron chi connectivity index (χ0n) is 12.7. The van der Waals surface area contributed by atoms with Crippen LogP contribution < -0.4 is 5.73 Å². The van der Waals surface area contributed by atoms with Crippen LogP contribution in [0, 0.1) is 13.8 Å². The van der Waals surface area contributed by atoms with E-state index < -0.39 is 0 Å². The summed E-state index contributed by atoms with van der Waals surface area (Å²) in [4.78, 5) is 6.82. The second-order valence-corrected chi connectivity index (χ2v) is 5.87. The predicted octanol–water partition coefficient (Wildman–Crippen LogP) is 2.45. The smallest absolute Gasteiger partial charge is 0.257 e. The number of nitrogens with zero attached hydrogens (tertiary/aromatic N) is 3. The number of likely N-dealkylation sites (tertiary alicyclic amines) is 1. The van der Waals surface area contributed by atoms with Gasteiger partial charge in [0.1, 0.15) is 0 Å². The molecule has 1 aromatic carbocycles. The third-order valence-corrected chi connectivity index (χ3v) is 4.18. The van der Waals surface area contributed by atoms with Gasteiger partial charge in [-0.2, -0.15) is 4.98 Å². The number of nitrogens with two attached hydrogens (primary N) is 1. The maximum atomic E-state index is 6.19. The molecule has 0 bridgehead atoms. The fourth-order valence-electron chi connectivity index (χ4n) is 2.70. The summed E-state index contributed by atoms with van der Waals surface area (Å²) in [6, 6.07) is 5.95. The van der Waals surface area contributed by atoms with Crippen LogP contribution in [0.1, 0.15) is 35.8 Å². The fraction of sp³-hybridized carbons (Fsp3) is 0.500. The number of rotatable bonds is 4. The van der Waals surface area contributed by atoms with Gasteiger partial charge in [0, 0.05) is 12.1 Å². The average molecular weight is 286 g/mol. The molecule has 1 aromatic heterocycles. The first kappa shape index (κ1) is 14.2. The van der Waals surface area contributed by atoms with E-state index in [0.717, 1.165) is 25.2 Å². The number of aryl methyl sites for hydroxylation is 2. The Morgan fingerprint density at radius 1 is 1.24 bits per heavy atom. The third-order valence-electron chi connectivity index (χ3n) is 4.18. The molecule has 3 rings (SSSR count). The van der Waals surface area contributed by atoms with Crippen molar-refractivity contribution in [3.05, 3.63) is 35.2 Å². The number of benzene rings is 1. The van der Waals surface area contributed by atoms with Gasteiger partial charge in [-0.15, -0.1) is 0 Å². The Kier molecular flexibility index (Phi) is 4.03. The van der Waals surface area contributed by atoms with E-state index >= 15 is 0 Å². The van der Waals surface area contributed by atoms with Crippen LogP contribution in [0.5, 0.6) is 0 Å².